The maximum absolute atomic E-state index is 12.0. The zero-order valence-corrected chi connectivity index (χ0v) is 14.6. The lowest BCUT2D eigenvalue weighted by atomic mass is 10.1. The number of nitrogens with zero attached hydrogens (tertiary/aromatic N) is 1. The van der Waals surface area contributed by atoms with E-state index in [4.69, 9.17) is 10.5 Å². The van der Waals surface area contributed by atoms with Gasteiger partial charge in [-0.05, 0) is 49.2 Å². The van der Waals surface area contributed by atoms with Gasteiger partial charge in [-0.2, -0.15) is 0 Å². The highest BCUT2D eigenvalue weighted by molar-refractivity contribution is 8.18. The van der Waals surface area contributed by atoms with Crippen molar-refractivity contribution in [2.24, 2.45) is 5.73 Å². The van der Waals surface area contributed by atoms with Gasteiger partial charge in [0.1, 0.15) is 5.75 Å². The van der Waals surface area contributed by atoms with Crippen molar-refractivity contribution in [1.82, 2.24) is 4.90 Å². The Hall–Kier alpha value is -1.50. The summed E-state index contributed by atoms with van der Waals surface area (Å²) < 4.78 is 5.46. The van der Waals surface area contributed by atoms with Gasteiger partial charge in [0.25, 0.3) is 11.1 Å². The zero-order chi connectivity index (χ0) is 15.9. The Balaban J connectivity index is 0.00000264. The summed E-state index contributed by atoms with van der Waals surface area (Å²) in [4.78, 5) is 25.4. The topological polar surface area (TPSA) is 72.6 Å². The van der Waals surface area contributed by atoms with Gasteiger partial charge in [0, 0.05) is 13.1 Å². The van der Waals surface area contributed by atoms with E-state index < -0.39 is 0 Å². The predicted molar refractivity (Wildman–Crippen MR) is 95.0 cm³/mol. The highest BCUT2D eigenvalue weighted by atomic mass is 35.5. The maximum Gasteiger partial charge on any atom is 0.293 e. The summed E-state index contributed by atoms with van der Waals surface area (Å²) >= 11 is 0.986. The molecule has 0 aliphatic carbocycles. The third-order valence-corrected chi connectivity index (χ3v) is 4.15. The lowest BCUT2D eigenvalue weighted by Crippen LogP contribution is -2.33. The van der Waals surface area contributed by atoms with E-state index in [0.29, 0.717) is 17.9 Å². The fourth-order valence-electron chi connectivity index (χ4n) is 2.19. The Labute approximate surface area is 146 Å². The van der Waals surface area contributed by atoms with Crippen LogP contribution in [0.25, 0.3) is 0 Å². The van der Waals surface area contributed by atoms with Crippen LogP contribution >= 0.6 is 24.2 Å². The molecule has 1 aromatic rings. The molecule has 1 aliphatic heterocycles. The molecule has 0 aromatic heterocycles. The molecule has 1 fully saturated rings. The molecule has 0 unspecified atom stereocenters. The van der Waals surface area contributed by atoms with Crippen molar-refractivity contribution in [3.05, 3.63) is 40.8 Å². The van der Waals surface area contributed by atoms with Crippen LogP contribution in [-0.2, 0) is 11.2 Å². The number of hydrogen-bond donors (Lipinski definition) is 1. The highest BCUT2D eigenvalue weighted by Crippen LogP contribution is 2.30. The second-order valence-electron chi connectivity index (χ2n) is 4.80. The Kier molecular flexibility index (Phi) is 8.16. The van der Waals surface area contributed by atoms with Crippen LogP contribution in [0, 0.1) is 0 Å². The molecule has 1 heterocycles. The maximum atomic E-state index is 12.0. The van der Waals surface area contributed by atoms with Gasteiger partial charge in [-0.1, -0.05) is 18.2 Å². The minimum absolute atomic E-state index is 0. The molecule has 7 heteroatoms. The average molecular weight is 357 g/mol. The molecule has 0 radical (unpaired) electrons. The molecule has 23 heavy (non-hydrogen) atoms. The largest absolute Gasteiger partial charge is 0.494 e. The third kappa shape index (κ3) is 5.27. The number of ether oxygens (including phenoxy) is 1. The van der Waals surface area contributed by atoms with Crippen LogP contribution in [0.3, 0.4) is 0 Å². The average Bonchev–Trinajstić information content (AvgIpc) is 2.76. The summed E-state index contributed by atoms with van der Waals surface area (Å²) in [5, 5.41) is -0.236. The summed E-state index contributed by atoms with van der Waals surface area (Å²) in [6.07, 6.45) is 3.32. The number of imide groups is 1. The van der Waals surface area contributed by atoms with Crippen LogP contribution < -0.4 is 10.5 Å². The molecule has 2 rings (SSSR count). The second-order valence-corrected chi connectivity index (χ2v) is 5.79. The van der Waals surface area contributed by atoms with Gasteiger partial charge < -0.3 is 10.5 Å². The first kappa shape index (κ1) is 19.5. The zero-order valence-electron chi connectivity index (χ0n) is 13.0. The number of aryl methyl sites for hydroxylation is 1. The molecule has 126 valence electrons. The summed E-state index contributed by atoms with van der Waals surface area (Å²) in [7, 11) is 0. The minimum Gasteiger partial charge on any atom is -0.494 e. The number of carbonyl (C=O) groups is 2. The molecule has 2 N–H and O–H groups in total. The monoisotopic (exact) mass is 356 g/mol. The fraction of sp³-hybridized carbons (Fsp3) is 0.375. The van der Waals surface area contributed by atoms with Gasteiger partial charge >= 0.3 is 0 Å². The number of hydrogen-bond acceptors (Lipinski definition) is 5. The molecule has 0 bridgehead atoms. The molecule has 1 saturated heterocycles. The number of benzene rings is 1. The first-order valence-electron chi connectivity index (χ1n) is 7.31. The van der Waals surface area contributed by atoms with E-state index in [1.807, 2.05) is 37.3 Å². The molecule has 0 saturated carbocycles. The van der Waals surface area contributed by atoms with E-state index in [1.165, 1.54) is 4.90 Å². The third-order valence-electron chi connectivity index (χ3n) is 3.20. The first-order chi connectivity index (χ1) is 10.7. The minimum atomic E-state index is -0.236. The normalized spacial score (nSPS) is 15.9. The number of carbonyl (C=O) groups excluding carboxylic acids is 2. The number of thioether (sulfide) groups is 1. The molecule has 1 aromatic carbocycles. The summed E-state index contributed by atoms with van der Waals surface area (Å²) in [5.41, 5.74) is 6.55. The number of allylic oxidation sites excluding steroid dienone is 1. The molecule has 1 aliphatic rings. The Bertz CT molecular complexity index is 592. The van der Waals surface area contributed by atoms with Crippen LogP contribution in [0.2, 0.25) is 0 Å². The van der Waals surface area contributed by atoms with E-state index >= 15 is 0 Å². The van der Waals surface area contributed by atoms with E-state index in [1.54, 1.807) is 0 Å². The lowest BCUT2D eigenvalue weighted by molar-refractivity contribution is -0.122. The molecular formula is C16H21ClN2O3S. The number of rotatable bonds is 7. The van der Waals surface area contributed by atoms with E-state index in [2.05, 4.69) is 0 Å². The Morgan fingerprint density at radius 1 is 1.35 bits per heavy atom. The van der Waals surface area contributed by atoms with E-state index in [9.17, 15) is 9.59 Å². The van der Waals surface area contributed by atoms with Crippen LogP contribution in [0.4, 0.5) is 4.79 Å². The van der Waals surface area contributed by atoms with Gasteiger partial charge in [0.05, 0.1) is 11.5 Å². The quantitative estimate of drug-likeness (QED) is 0.760. The molecule has 0 spiro atoms. The van der Waals surface area contributed by atoms with Crippen molar-refractivity contribution in [2.75, 3.05) is 19.7 Å². The summed E-state index contributed by atoms with van der Waals surface area (Å²) in [6.45, 7) is 3.15. The molecular weight excluding hydrogens is 336 g/mol. The number of nitrogens with two attached hydrogens (primary N) is 1. The van der Waals surface area contributed by atoms with Crippen molar-refractivity contribution >= 4 is 35.3 Å². The van der Waals surface area contributed by atoms with Gasteiger partial charge in [-0.15, -0.1) is 12.4 Å². The Morgan fingerprint density at radius 3 is 2.83 bits per heavy atom. The standard InChI is InChI=1S/C16H20N2O3S.ClH/c1-2-21-13-7-3-5-12(11-13)6-4-8-14-15(19)18(10-9-17)16(20)22-14;/h3,5,7-8,11H,2,4,6,9-10,17H2,1H3;1H/b14-8-;. The smallest absolute Gasteiger partial charge is 0.293 e. The van der Waals surface area contributed by atoms with Crippen LogP contribution in [0.1, 0.15) is 18.9 Å². The molecule has 2 amide bonds. The lowest BCUT2D eigenvalue weighted by Gasteiger charge is -2.09. The molecule has 5 nitrogen and oxygen atoms in total. The van der Waals surface area contributed by atoms with Crippen molar-refractivity contribution in [1.29, 1.82) is 0 Å². The second kappa shape index (κ2) is 9.60. The summed E-state index contributed by atoms with van der Waals surface area (Å²) in [5.74, 6) is 0.617. The van der Waals surface area contributed by atoms with Crippen molar-refractivity contribution in [3.8, 4) is 5.75 Å². The predicted octanol–water partition coefficient (Wildman–Crippen LogP) is 2.98. The Morgan fingerprint density at radius 2 is 2.13 bits per heavy atom. The number of amides is 2. The fourth-order valence-corrected chi connectivity index (χ4v) is 3.06. The molecule has 0 atom stereocenters. The van der Waals surface area contributed by atoms with Gasteiger partial charge in [-0.3, -0.25) is 14.5 Å². The van der Waals surface area contributed by atoms with Crippen molar-refractivity contribution < 1.29 is 14.3 Å². The first-order valence-corrected chi connectivity index (χ1v) is 8.13. The van der Waals surface area contributed by atoms with Gasteiger partial charge in [0.2, 0.25) is 0 Å². The van der Waals surface area contributed by atoms with Crippen LogP contribution in [-0.4, -0.2) is 35.7 Å². The van der Waals surface area contributed by atoms with Gasteiger partial charge in [-0.25, -0.2) is 0 Å². The highest BCUT2D eigenvalue weighted by Gasteiger charge is 2.33. The van der Waals surface area contributed by atoms with E-state index in [-0.39, 0.29) is 36.6 Å². The van der Waals surface area contributed by atoms with Crippen LogP contribution in [0.5, 0.6) is 5.75 Å². The summed E-state index contributed by atoms with van der Waals surface area (Å²) in [6, 6.07) is 7.90. The van der Waals surface area contributed by atoms with Crippen molar-refractivity contribution in [2.45, 2.75) is 19.8 Å². The van der Waals surface area contributed by atoms with Crippen molar-refractivity contribution in [3.63, 3.8) is 0 Å². The van der Waals surface area contributed by atoms with Crippen LogP contribution in [0.15, 0.2) is 35.2 Å². The van der Waals surface area contributed by atoms with Gasteiger partial charge in [0.15, 0.2) is 0 Å². The van der Waals surface area contributed by atoms with E-state index in [0.717, 1.165) is 29.5 Å². The SMILES string of the molecule is CCOc1cccc(CC/C=C2\SC(=O)N(CCN)C2=O)c1.Cl. The number of halogens is 1.